The van der Waals surface area contributed by atoms with Crippen molar-refractivity contribution in [2.24, 2.45) is 0 Å². The number of ether oxygens (including phenoxy) is 6. The van der Waals surface area contributed by atoms with E-state index in [-0.39, 0.29) is 19.6 Å². The van der Waals surface area contributed by atoms with Gasteiger partial charge in [0.25, 0.3) is 0 Å². The normalized spacial score (nSPS) is 25.7. The summed E-state index contributed by atoms with van der Waals surface area (Å²) in [6, 6.07) is 0. The first-order valence-electron chi connectivity index (χ1n) is 27.8. The third-order valence-electron chi connectivity index (χ3n) is 12.2. The number of esters is 1. The molecule has 2 aliphatic rings. The van der Waals surface area contributed by atoms with Gasteiger partial charge in [0.1, 0.15) is 54.9 Å². The van der Waals surface area contributed by atoms with Gasteiger partial charge in [0, 0.05) is 13.0 Å². The Labute approximate surface area is 449 Å². The first-order valence-corrected chi connectivity index (χ1v) is 27.8. The second-order valence-electron chi connectivity index (χ2n) is 18.6. The molecule has 0 aromatic carbocycles. The molecular weight excluding hydrogens is 957 g/mol. The average Bonchev–Trinajstić information content (AvgIpc) is 3.41. The quantitative estimate of drug-likeness (QED) is 0.0172. The predicted molar refractivity (Wildman–Crippen MR) is 297 cm³/mol. The van der Waals surface area contributed by atoms with Gasteiger partial charge in [-0.1, -0.05) is 160 Å². The summed E-state index contributed by atoms with van der Waals surface area (Å²) >= 11 is 0. The van der Waals surface area contributed by atoms with Crippen LogP contribution >= 0.6 is 0 Å². The van der Waals surface area contributed by atoms with Crippen LogP contribution in [0.4, 0.5) is 0 Å². The molecule has 11 atom stereocenters. The van der Waals surface area contributed by atoms with E-state index in [0.29, 0.717) is 13.0 Å². The Morgan fingerprint density at radius 2 is 0.827 bits per heavy atom. The molecule has 0 amide bonds. The predicted octanol–water partition coefficient (Wildman–Crippen LogP) is 9.52. The summed E-state index contributed by atoms with van der Waals surface area (Å²) in [5.41, 5.74) is 0. The van der Waals surface area contributed by atoms with Crippen molar-refractivity contribution in [3.63, 3.8) is 0 Å². The summed E-state index contributed by atoms with van der Waals surface area (Å²) in [7, 11) is 0. The number of allylic oxidation sites excluding steroid dienone is 22. The Hall–Kier alpha value is -3.87. The van der Waals surface area contributed by atoms with E-state index in [1.54, 1.807) is 0 Å². The molecule has 0 aromatic rings. The van der Waals surface area contributed by atoms with E-state index in [9.17, 15) is 40.5 Å². The minimum absolute atomic E-state index is 0.0158. The molecule has 0 aromatic heterocycles. The lowest BCUT2D eigenvalue weighted by Gasteiger charge is -2.42. The van der Waals surface area contributed by atoms with Gasteiger partial charge in [-0.3, -0.25) is 4.79 Å². The molecule has 0 radical (unpaired) electrons. The molecule has 2 aliphatic heterocycles. The molecule has 0 bridgehead atoms. The van der Waals surface area contributed by atoms with Crippen LogP contribution in [0, 0.1) is 0 Å². The standard InChI is InChI=1S/C61H96O14/c1-3-5-7-9-11-13-15-17-19-21-23-25-26-28-30-32-34-36-38-40-42-44-53(63)73-50(47-70-45-43-41-39-37-35-33-31-29-27-24-22-20-18-16-14-12-10-8-6-4-2)48-71-60-59(69)57(67)55(65)52(75-60)49-72-61-58(68)56(66)54(64)51(46-62)74-61/h5-8,11-14,17-20,23-25,27-28,30-31,33-34,36,50-52,54-62,64-69H,3-4,9-10,15-16,21-22,26,29,32,35,37-49H2,1-2H3/b7-5-,8-6-,13-11-,14-12-,19-17-,20-18-,25-23-,27-24-,30-28-,33-31-,36-34-. The molecule has 14 nitrogen and oxygen atoms in total. The number of hydrogen-bond acceptors (Lipinski definition) is 14. The van der Waals surface area contributed by atoms with Crippen molar-refractivity contribution in [1.82, 2.24) is 0 Å². The number of unbranched alkanes of at least 4 members (excludes halogenated alkanes) is 6. The van der Waals surface area contributed by atoms with Gasteiger partial charge in [-0.2, -0.15) is 0 Å². The van der Waals surface area contributed by atoms with Crippen LogP contribution in [0.15, 0.2) is 134 Å². The Morgan fingerprint density at radius 1 is 0.440 bits per heavy atom. The monoisotopic (exact) mass is 1050 g/mol. The van der Waals surface area contributed by atoms with Crippen molar-refractivity contribution in [1.29, 1.82) is 0 Å². The summed E-state index contributed by atoms with van der Waals surface area (Å²) in [5, 5.41) is 72.3. The fourth-order valence-electron chi connectivity index (χ4n) is 7.72. The van der Waals surface area contributed by atoms with Gasteiger partial charge in [0.05, 0.1) is 26.4 Å². The summed E-state index contributed by atoms with van der Waals surface area (Å²) in [5.74, 6) is -0.434. The number of aliphatic hydroxyl groups excluding tert-OH is 7. The maximum absolute atomic E-state index is 13.0. The highest BCUT2D eigenvalue weighted by Crippen LogP contribution is 2.26. The number of carbonyl (C=O) groups excluding carboxylic acids is 1. The van der Waals surface area contributed by atoms with E-state index in [1.807, 2.05) is 0 Å². The highest BCUT2D eigenvalue weighted by atomic mass is 16.7. The Morgan fingerprint density at radius 3 is 1.28 bits per heavy atom. The van der Waals surface area contributed by atoms with Gasteiger partial charge in [0.2, 0.25) is 0 Å². The summed E-state index contributed by atoms with van der Waals surface area (Å²) in [6.07, 6.45) is 49.4. The Kier molecular flexibility index (Phi) is 41.5. The molecule has 14 heteroatoms. The van der Waals surface area contributed by atoms with Crippen LogP contribution < -0.4 is 0 Å². The molecule has 0 spiro atoms. The highest BCUT2D eigenvalue weighted by molar-refractivity contribution is 5.69. The van der Waals surface area contributed by atoms with E-state index >= 15 is 0 Å². The first-order chi connectivity index (χ1) is 36.6. The van der Waals surface area contributed by atoms with Crippen molar-refractivity contribution in [3.05, 3.63) is 134 Å². The van der Waals surface area contributed by atoms with E-state index in [0.717, 1.165) is 116 Å². The third kappa shape index (κ3) is 33.1. The highest BCUT2D eigenvalue weighted by Gasteiger charge is 2.47. The largest absolute Gasteiger partial charge is 0.457 e. The van der Waals surface area contributed by atoms with Crippen LogP contribution in [0.25, 0.3) is 0 Å². The van der Waals surface area contributed by atoms with E-state index in [2.05, 4.69) is 148 Å². The summed E-state index contributed by atoms with van der Waals surface area (Å²) in [6.45, 7) is 3.30. The third-order valence-corrected chi connectivity index (χ3v) is 12.2. The number of rotatable bonds is 42. The van der Waals surface area contributed by atoms with Crippen molar-refractivity contribution >= 4 is 5.97 Å². The molecule has 11 unspecified atom stereocenters. The minimum Gasteiger partial charge on any atom is -0.457 e. The fraction of sp³-hybridized carbons (Fsp3) is 0.623. The zero-order chi connectivity index (χ0) is 54.4. The average molecular weight is 1050 g/mol. The molecule has 75 heavy (non-hydrogen) atoms. The van der Waals surface area contributed by atoms with Gasteiger partial charge in [-0.15, -0.1) is 0 Å². The molecule has 0 aliphatic carbocycles. The molecule has 424 valence electrons. The first kappa shape index (κ1) is 67.2. The fourth-order valence-corrected chi connectivity index (χ4v) is 7.72. The smallest absolute Gasteiger partial charge is 0.306 e. The minimum atomic E-state index is -1.73. The molecule has 2 saturated heterocycles. The van der Waals surface area contributed by atoms with E-state index < -0.39 is 86.7 Å². The van der Waals surface area contributed by atoms with Crippen LogP contribution in [0.1, 0.15) is 142 Å². The lowest BCUT2D eigenvalue weighted by Crippen LogP contribution is -2.61. The second kappa shape index (κ2) is 46.2. The number of aliphatic hydroxyl groups is 7. The lowest BCUT2D eigenvalue weighted by molar-refractivity contribution is -0.332. The topological polar surface area (TPSA) is 214 Å². The molecule has 0 saturated carbocycles. The van der Waals surface area contributed by atoms with Crippen LogP contribution in [0.3, 0.4) is 0 Å². The van der Waals surface area contributed by atoms with Crippen molar-refractivity contribution < 1.29 is 69.0 Å². The molecule has 2 heterocycles. The van der Waals surface area contributed by atoms with Crippen LogP contribution in [-0.2, 0) is 33.2 Å². The van der Waals surface area contributed by atoms with Crippen molar-refractivity contribution in [3.8, 4) is 0 Å². The van der Waals surface area contributed by atoms with Crippen LogP contribution in [-0.4, -0.2) is 142 Å². The Balaban J connectivity index is 1.79. The van der Waals surface area contributed by atoms with E-state index in [4.69, 9.17) is 28.4 Å². The zero-order valence-corrected chi connectivity index (χ0v) is 45.2. The maximum Gasteiger partial charge on any atom is 0.306 e. The van der Waals surface area contributed by atoms with Gasteiger partial charge < -0.3 is 64.2 Å². The number of carbonyl (C=O) groups is 1. The van der Waals surface area contributed by atoms with Crippen LogP contribution in [0.5, 0.6) is 0 Å². The molecular formula is C61H96O14. The SMILES string of the molecule is CC/C=C\C/C=C\C/C=C\C/C=C\C/C=C\C/C=C\CCCCC(=O)OC(COCCCCCC/C=C\C/C=C\C/C=C\C/C=C\C/C=C\CC)COC1OC(COC2OC(CO)C(O)C(O)C2O)C(O)C(O)C1O. The van der Waals surface area contributed by atoms with Gasteiger partial charge >= 0.3 is 5.97 Å². The maximum atomic E-state index is 13.0. The van der Waals surface area contributed by atoms with Crippen molar-refractivity contribution in [2.75, 3.05) is 33.0 Å². The molecule has 7 N–H and O–H groups in total. The van der Waals surface area contributed by atoms with Crippen molar-refractivity contribution in [2.45, 2.75) is 210 Å². The zero-order valence-electron chi connectivity index (χ0n) is 45.2. The second-order valence-corrected chi connectivity index (χ2v) is 18.6. The number of hydrogen-bond donors (Lipinski definition) is 7. The molecule has 2 rings (SSSR count). The summed E-state index contributed by atoms with van der Waals surface area (Å²) < 4.78 is 34.3. The summed E-state index contributed by atoms with van der Waals surface area (Å²) in [4.78, 5) is 13.0. The van der Waals surface area contributed by atoms with E-state index in [1.165, 1.54) is 0 Å². The van der Waals surface area contributed by atoms with Gasteiger partial charge in [0.15, 0.2) is 12.6 Å². The Bertz CT molecular complexity index is 1740. The lowest BCUT2D eigenvalue weighted by atomic mass is 9.98. The van der Waals surface area contributed by atoms with Gasteiger partial charge in [-0.05, 0) is 109 Å². The van der Waals surface area contributed by atoms with Crippen LogP contribution in [0.2, 0.25) is 0 Å². The van der Waals surface area contributed by atoms with Gasteiger partial charge in [-0.25, -0.2) is 0 Å². The molecule has 2 fully saturated rings.